The van der Waals surface area contributed by atoms with Crippen LogP contribution in [0.25, 0.3) is 0 Å². The number of methoxy groups -OCH3 is 1. The molecule has 7 nitrogen and oxygen atoms in total. The SMILES string of the molecule is COc1ccc(C(=O)Nc2ccccc2C(=O)N2CCN(c3ccccn3)CC2)cc1. The quantitative estimate of drug-likeness (QED) is 0.691. The minimum atomic E-state index is -0.275. The van der Waals surface area contributed by atoms with Crippen molar-refractivity contribution < 1.29 is 14.3 Å². The number of anilines is 2. The van der Waals surface area contributed by atoms with Gasteiger partial charge < -0.3 is 19.9 Å². The van der Waals surface area contributed by atoms with Gasteiger partial charge in [-0.25, -0.2) is 4.98 Å². The first-order valence-electron chi connectivity index (χ1n) is 10.2. The van der Waals surface area contributed by atoms with Crippen LogP contribution in [0, 0.1) is 0 Å². The molecule has 0 bridgehead atoms. The van der Waals surface area contributed by atoms with Gasteiger partial charge in [0.05, 0.1) is 18.4 Å². The molecule has 0 saturated carbocycles. The van der Waals surface area contributed by atoms with Gasteiger partial charge in [0.2, 0.25) is 0 Å². The third-order valence-corrected chi connectivity index (χ3v) is 5.30. The average molecular weight is 416 g/mol. The lowest BCUT2D eigenvalue weighted by molar-refractivity contribution is 0.0747. The minimum Gasteiger partial charge on any atom is -0.497 e. The highest BCUT2D eigenvalue weighted by Crippen LogP contribution is 2.21. The molecule has 7 heteroatoms. The molecule has 2 amide bonds. The Balaban J connectivity index is 1.44. The zero-order chi connectivity index (χ0) is 21.6. The number of aromatic nitrogens is 1. The van der Waals surface area contributed by atoms with Gasteiger partial charge in [0, 0.05) is 37.9 Å². The van der Waals surface area contributed by atoms with E-state index in [-0.39, 0.29) is 11.8 Å². The summed E-state index contributed by atoms with van der Waals surface area (Å²) in [4.78, 5) is 34.2. The van der Waals surface area contributed by atoms with Crippen molar-refractivity contribution in [2.75, 3.05) is 43.5 Å². The molecule has 3 aromatic rings. The van der Waals surface area contributed by atoms with Crippen LogP contribution in [0.1, 0.15) is 20.7 Å². The second-order valence-electron chi connectivity index (χ2n) is 7.20. The van der Waals surface area contributed by atoms with Gasteiger partial charge in [0.1, 0.15) is 11.6 Å². The molecule has 1 fully saturated rings. The topological polar surface area (TPSA) is 74.8 Å². The number of carbonyl (C=O) groups is 2. The van der Waals surface area contributed by atoms with Crippen molar-refractivity contribution in [1.29, 1.82) is 0 Å². The van der Waals surface area contributed by atoms with Gasteiger partial charge in [-0.1, -0.05) is 18.2 Å². The first-order valence-corrected chi connectivity index (χ1v) is 10.2. The van der Waals surface area contributed by atoms with Crippen LogP contribution in [0.5, 0.6) is 5.75 Å². The number of pyridine rings is 1. The summed E-state index contributed by atoms with van der Waals surface area (Å²) in [6, 6.07) is 19.8. The zero-order valence-electron chi connectivity index (χ0n) is 17.3. The second kappa shape index (κ2) is 9.30. The third kappa shape index (κ3) is 4.66. The van der Waals surface area contributed by atoms with Crippen molar-refractivity contribution in [3.05, 3.63) is 84.1 Å². The molecule has 31 heavy (non-hydrogen) atoms. The van der Waals surface area contributed by atoms with Crippen LogP contribution in [0.15, 0.2) is 72.9 Å². The smallest absolute Gasteiger partial charge is 0.256 e. The molecule has 0 spiro atoms. The van der Waals surface area contributed by atoms with Gasteiger partial charge in [-0.05, 0) is 48.5 Å². The Bertz CT molecular complexity index is 1050. The van der Waals surface area contributed by atoms with E-state index in [2.05, 4.69) is 15.2 Å². The van der Waals surface area contributed by atoms with Gasteiger partial charge in [0.15, 0.2) is 0 Å². The number of rotatable bonds is 5. The van der Waals surface area contributed by atoms with Crippen molar-refractivity contribution in [3.63, 3.8) is 0 Å². The highest BCUT2D eigenvalue weighted by atomic mass is 16.5. The average Bonchev–Trinajstić information content (AvgIpc) is 2.84. The summed E-state index contributed by atoms with van der Waals surface area (Å²) in [5, 5.41) is 2.87. The van der Waals surface area contributed by atoms with Crippen molar-refractivity contribution in [2.45, 2.75) is 0 Å². The molecule has 1 N–H and O–H groups in total. The molecule has 0 radical (unpaired) electrons. The van der Waals surface area contributed by atoms with Crippen LogP contribution in [0.4, 0.5) is 11.5 Å². The minimum absolute atomic E-state index is 0.0914. The molecule has 1 aliphatic rings. The lowest BCUT2D eigenvalue weighted by atomic mass is 10.1. The second-order valence-corrected chi connectivity index (χ2v) is 7.20. The first kappa shape index (κ1) is 20.4. The van der Waals surface area contributed by atoms with Gasteiger partial charge in [-0.3, -0.25) is 9.59 Å². The van der Waals surface area contributed by atoms with Crippen LogP contribution in [0.3, 0.4) is 0 Å². The molecule has 4 rings (SSSR count). The number of ether oxygens (including phenoxy) is 1. The number of hydrogen-bond acceptors (Lipinski definition) is 5. The fourth-order valence-electron chi connectivity index (χ4n) is 3.57. The molecule has 1 aromatic heterocycles. The Morgan fingerprint density at radius 2 is 1.61 bits per heavy atom. The van der Waals surface area contributed by atoms with E-state index in [1.165, 1.54) is 0 Å². The van der Waals surface area contributed by atoms with Crippen LogP contribution in [-0.4, -0.2) is 55.0 Å². The number of para-hydroxylation sites is 1. The highest BCUT2D eigenvalue weighted by molar-refractivity contribution is 6.09. The number of piperazine rings is 1. The lowest BCUT2D eigenvalue weighted by Crippen LogP contribution is -2.49. The van der Waals surface area contributed by atoms with E-state index in [0.717, 1.165) is 5.82 Å². The molecule has 0 aliphatic carbocycles. The summed E-state index contributed by atoms with van der Waals surface area (Å²) in [5.41, 5.74) is 1.48. The summed E-state index contributed by atoms with van der Waals surface area (Å²) in [5.74, 6) is 1.23. The van der Waals surface area contributed by atoms with E-state index in [1.807, 2.05) is 23.1 Å². The molecule has 1 aliphatic heterocycles. The van der Waals surface area contributed by atoms with Crippen molar-refractivity contribution in [2.24, 2.45) is 0 Å². The molecule has 0 unspecified atom stereocenters. The van der Waals surface area contributed by atoms with E-state index in [9.17, 15) is 9.59 Å². The standard InChI is InChI=1S/C24H24N4O3/c1-31-19-11-9-18(10-12-19)23(29)26-21-7-3-2-6-20(21)24(30)28-16-14-27(15-17-28)22-8-4-5-13-25-22/h2-13H,14-17H2,1H3,(H,26,29). The Morgan fingerprint density at radius 3 is 2.29 bits per heavy atom. The molecular weight excluding hydrogens is 392 g/mol. The van der Waals surface area contributed by atoms with E-state index in [1.54, 1.807) is 61.8 Å². The first-order chi connectivity index (χ1) is 15.2. The van der Waals surface area contributed by atoms with E-state index in [0.29, 0.717) is 48.7 Å². The summed E-state index contributed by atoms with van der Waals surface area (Å²) < 4.78 is 5.13. The van der Waals surface area contributed by atoms with Crippen molar-refractivity contribution in [3.8, 4) is 5.75 Å². The Hall–Kier alpha value is -3.87. The lowest BCUT2D eigenvalue weighted by Gasteiger charge is -2.35. The fraction of sp³-hybridized carbons (Fsp3) is 0.208. The Kier molecular flexibility index (Phi) is 6.12. The number of carbonyl (C=O) groups excluding carboxylic acids is 2. The fourth-order valence-corrected chi connectivity index (χ4v) is 3.57. The van der Waals surface area contributed by atoms with E-state index in [4.69, 9.17) is 4.74 Å². The maximum atomic E-state index is 13.2. The number of nitrogens with zero attached hydrogens (tertiary/aromatic N) is 3. The van der Waals surface area contributed by atoms with Gasteiger partial charge in [0.25, 0.3) is 11.8 Å². The van der Waals surface area contributed by atoms with Crippen LogP contribution in [0.2, 0.25) is 0 Å². The molecule has 2 aromatic carbocycles. The van der Waals surface area contributed by atoms with E-state index >= 15 is 0 Å². The highest BCUT2D eigenvalue weighted by Gasteiger charge is 2.24. The summed E-state index contributed by atoms with van der Waals surface area (Å²) in [6.45, 7) is 2.61. The van der Waals surface area contributed by atoms with Crippen LogP contribution in [-0.2, 0) is 0 Å². The monoisotopic (exact) mass is 416 g/mol. The summed E-state index contributed by atoms with van der Waals surface area (Å²) in [7, 11) is 1.58. The summed E-state index contributed by atoms with van der Waals surface area (Å²) in [6.07, 6.45) is 1.77. The molecule has 158 valence electrons. The maximum absolute atomic E-state index is 13.2. The van der Waals surface area contributed by atoms with Crippen LogP contribution < -0.4 is 15.0 Å². The van der Waals surface area contributed by atoms with Crippen molar-refractivity contribution >= 4 is 23.3 Å². The van der Waals surface area contributed by atoms with Crippen LogP contribution >= 0.6 is 0 Å². The summed E-state index contributed by atoms with van der Waals surface area (Å²) >= 11 is 0. The molecule has 1 saturated heterocycles. The van der Waals surface area contributed by atoms with Gasteiger partial charge in [-0.15, -0.1) is 0 Å². The van der Waals surface area contributed by atoms with Gasteiger partial charge in [-0.2, -0.15) is 0 Å². The normalized spacial score (nSPS) is 13.6. The largest absolute Gasteiger partial charge is 0.497 e. The number of hydrogen-bond donors (Lipinski definition) is 1. The Morgan fingerprint density at radius 1 is 0.903 bits per heavy atom. The zero-order valence-corrected chi connectivity index (χ0v) is 17.3. The third-order valence-electron chi connectivity index (χ3n) is 5.30. The predicted molar refractivity (Wildman–Crippen MR) is 120 cm³/mol. The molecular formula is C24H24N4O3. The predicted octanol–water partition coefficient (Wildman–Crippen LogP) is 3.30. The molecule has 2 heterocycles. The van der Waals surface area contributed by atoms with Crippen molar-refractivity contribution in [1.82, 2.24) is 9.88 Å². The number of nitrogens with one attached hydrogen (secondary N) is 1. The molecule has 0 atom stereocenters. The maximum Gasteiger partial charge on any atom is 0.256 e. The van der Waals surface area contributed by atoms with E-state index < -0.39 is 0 Å². The Labute approximate surface area is 181 Å². The number of benzene rings is 2. The number of amides is 2. The van der Waals surface area contributed by atoms with Gasteiger partial charge >= 0.3 is 0 Å².